The SMILES string of the molecule is Cc1ccc(C)n1CC(=O)OCC(=O)N1c2ccccc2NC(=O)C[C@@H]1C. The molecule has 2 amide bonds. The molecule has 1 aliphatic rings. The van der Waals surface area contributed by atoms with Crippen LogP contribution in [0.4, 0.5) is 11.4 Å². The van der Waals surface area contributed by atoms with Crippen molar-refractivity contribution in [2.75, 3.05) is 16.8 Å². The topological polar surface area (TPSA) is 80.6 Å². The zero-order valence-corrected chi connectivity index (χ0v) is 15.7. The van der Waals surface area contributed by atoms with Crippen LogP contribution >= 0.6 is 0 Å². The summed E-state index contributed by atoms with van der Waals surface area (Å²) in [6.07, 6.45) is 0.177. The predicted molar refractivity (Wildman–Crippen MR) is 102 cm³/mol. The van der Waals surface area contributed by atoms with Crippen LogP contribution in [0.2, 0.25) is 0 Å². The number of hydrogen-bond acceptors (Lipinski definition) is 4. The summed E-state index contributed by atoms with van der Waals surface area (Å²) < 4.78 is 7.05. The van der Waals surface area contributed by atoms with E-state index in [4.69, 9.17) is 4.74 Å². The number of aromatic nitrogens is 1. The summed E-state index contributed by atoms with van der Waals surface area (Å²) in [4.78, 5) is 38.5. The van der Waals surface area contributed by atoms with Crippen molar-refractivity contribution < 1.29 is 19.1 Å². The molecule has 0 spiro atoms. The molecule has 142 valence electrons. The van der Waals surface area contributed by atoms with Crippen molar-refractivity contribution in [3.05, 3.63) is 47.8 Å². The van der Waals surface area contributed by atoms with Gasteiger partial charge in [0.15, 0.2) is 6.61 Å². The van der Waals surface area contributed by atoms with Gasteiger partial charge in [0.05, 0.1) is 11.4 Å². The van der Waals surface area contributed by atoms with Gasteiger partial charge in [0.1, 0.15) is 6.54 Å². The highest BCUT2D eigenvalue weighted by atomic mass is 16.5. The van der Waals surface area contributed by atoms with Gasteiger partial charge >= 0.3 is 5.97 Å². The first-order chi connectivity index (χ1) is 12.9. The van der Waals surface area contributed by atoms with E-state index in [1.807, 2.05) is 30.5 Å². The van der Waals surface area contributed by atoms with Crippen LogP contribution in [0.3, 0.4) is 0 Å². The highest BCUT2D eigenvalue weighted by Crippen LogP contribution is 2.31. The highest BCUT2D eigenvalue weighted by molar-refractivity contribution is 6.05. The minimum atomic E-state index is -0.476. The number of carbonyl (C=O) groups excluding carboxylic acids is 3. The lowest BCUT2D eigenvalue weighted by molar-refractivity contribution is -0.148. The van der Waals surface area contributed by atoms with Gasteiger partial charge in [-0.15, -0.1) is 0 Å². The lowest BCUT2D eigenvalue weighted by atomic mass is 10.1. The first kappa shape index (κ1) is 18.7. The Hall–Kier alpha value is -3.09. The van der Waals surface area contributed by atoms with Crippen LogP contribution in [0.5, 0.6) is 0 Å². The molecule has 27 heavy (non-hydrogen) atoms. The van der Waals surface area contributed by atoms with Crippen molar-refractivity contribution in [2.45, 2.75) is 39.8 Å². The molecule has 2 heterocycles. The van der Waals surface area contributed by atoms with Gasteiger partial charge < -0.3 is 19.5 Å². The molecule has 0 saturated carbocycles. The zero-order valence-electron chi connectivity index (χ0n) is 15.7. The van der Waals surface area contributed by atoms with Crippen molar-refractivity contribution >= 4 is 29.2 Å². The molecule has 0 radical (unpaired) electrons. The number of aryl methyl sites for hydroxylation is 2. The fourth-order valence-corrected chi connectivity index (χ4v) is 3.30. The average molecular weight is 369 g/mol. The first-order valence-electron chi connectivity index (χ1n) is 8.86. The first-order valence-corrected chi connectivity index (χ1v) is 8.86. The van der Waals surface area contributed by atoms with E-state index in [0.717, 1.165) is 11.4 Å². The molecule has 7 nitrogen and oxygen atoms in total. The number of hydrogen-bond donors (Lipinski definition) is 1. The van der Waals surface area contributed by atoms with Crippen LogP contribution in [0.25, 0.3) is 0 Å². The minimum absolute atomic E-state index is 0.0597. The van der Waals surface area contributed by atoms with Crippen LogP contribution in [0.1, 0.15) is 24.7 Å². The number of esters is 1. The number of nitrogens with one attached hydrogen (secondary N) is 1. The molecule has 1 aromatic carbocycles. The van der Waals surface area contributed by atoms with Crippen molar-refractivity contribution in [3.8, 4) is 0 Å². The number of rotatable bonds is 4. The quantitative estimate of drug-likeness (QED) is 0.840. The number of para-hydroxylation sites is 2. The van der Waals surface area contributed by atoms with Gasteiger partial charge in [-0.1, -0.05) is 12.1 Å². The van der Waals surface area contributed by atoms with E-state index in [0.29, 0.717) is 11.4 Å². The van der Waals surface area contributed by atoms with E-state index in [2.05, 4.69) is 5.32 Å². The molecule has 0 saturated heterocycles. The van der Waals surface area contributed by atoms with Gasteiger partial charge in [-0.2, -0.15) is 0 Å². The van der Waals surface area contributed by atoms with Crippen LogP contribution in [0.15, 0.2) is 36.4 Å². The van der Waals surface area contributed by atoms with Crippen LogP contribution in [-0.2, 0) is 25.7 Å². The van der Waals surface area contributed by atoms with Crippen molar-refractivity contribution in [2.24, 2.45) is 0 Å². The summed E-state index contributed by atoms with van der Waals surface area (Å²) in [6.45, 7) is 5.31. The normalized spacial score (nSPS) is 16.3. The summed E-state index contributed by atoms with van der Waals surface area (Å²) >= 11 is 0. The number of anilines is 2. The Balaban J connectivity index is 1.70. The molecule has 0 bridgehead atoms. The predicted octanol–water partition coefficient (Wildman–Crippen LogP) is 2.41. The highest BCUT2D eigenvalue weighted by Gasteiger charge is 2.30. The van der Waals surface area contributed by atoms with E-state index < -0.39 is 5.97 Å². The molecule has 0 fully saturated rings. The average Bonchev–Trinajstić information content (AvgIpc) is 2.86. The van der Waals surface area contributed by atoms with Crippen molar-refractivity contribution in [1.82, 2.24) is 4.57 Å². The number of amides is 2. The molecule has 7 heteroatoms. The maximum atomic E-state index is 12.8. The van der Waals surface area contributed by atoms with Gasteiger partial charge in [0.2, 0.25) is 5.91 Å². The second kappa shape index (κ2) is 7.65. The molecular formula is C20H23N3O4. The molecule has 0 aliphatic carbocycles. The second-order valence-corrected chi connectivity index (χ2v) is 6.75. The van der Waals surface area contributed by atoms with E-state index in [1.165, 1.54) is 4.90 Å². The third-order valence-electron chi connectivity index (χ3n) is 4.69. The smallest absolute Gasteiger partial charge is 0.326 e. The van der Waals surface area contributed by atoms with E-state index in [9.17, 15) is 14.4 Å². The van der Waals surface area contributed by atoms with E-state index >= 15 is 0 Å². The molecule has 3 rings (SSSR count). The van der Waals surface area contributed by atoms with Crippen LogP contribution < -0.4 is 10.2 Å². The van der Waals surface area contributed by atoms with Crippen LogP contribution in [-0.4, -0.2) is 35.0 Å². The zero-order chi connectivity index (χ0) is 19.6. The molecule has 1 aliphatic heterocycles. The largest absolute Gasteiger partial charge is 0.454 e. The number of nitrogens with zero attached hydrogens (tertiary/aromatic N) is 2. The standard InChI is InChI=1S/C20H23N3O4/c1-13-8-9-14(2)22(13)11-20(26)27-12-19(25)23-15(3)10-18(24)21-16-6-4-5-7-17(16)23/h4-9,15H,10-12H2,1-3H3,(H,21,24)/t15-/m0/s1. The maximum absolute atomic E-state index is 12.8. The van der Waals surface area contributed by atoms with E-state index in [1.54, 1.807) is 31.2 Å². The van der Waals surface area contributed by atoms with Gasteiger partial charge in [0.25, 0.3) is 5.91 Å². The lowest BCUT2D eigenvalue weighted by Gasteiger charge is -2.27. The summed E-state index contributed by atoms with van der Waals surface area (Å²) in [5, 5.41) is 2.80. The second-order valence-electron chi connectivity index (χ2n) is 6.75. The van der Waals surface area contributed by atoms with Gasteiger partial charge in [0, 0.05) is 23.9 Å². The van der Waals surface area contributed by atoms with Gasteiger partial charge in [-0.05, 0) is 45.0 Å². The fraction of sp³-hybridized carbons (Fsp3) is 0.350. The van der Waals surface area contributed by atoms with Crippen molar-refractivity contribution in [3.63, 3.8) is 0 Å². The maximum Gasteiger partial charge on any atom is 0.326 e. The Morgan fingerprint density at radius 3 is 2.52 bits per heavy atom. The summed E-state index contributed by atoms with van der Waals surface area (Å²) in [6, 6.07) is 10.6. The monoisotopic (exact) mass is 369 g/mol. The van der Waals surface area contributed by atoms with Crippen molar-refractivity contribution in [1.29, 1.82) is 0 Å². The molecule has 2 aromatic rings. The van der Waals surface area contributed by atoms with Gasteiger partial charge in [-0.3, -0.25) is 14.4 Å². The summed E-state index contributed by atoms with van der Waals surface area (Å²) in [5.74, 6) is -0.989. The molecular weight excluding hydrogens is 346 g/mol. The molecule has 0 unspecified atom stereocenters. The summed E-state index contributed by atoms with van der Waals surface area (Å²) in [5.41, 5.74) is 3.09. The number of benzene rings is 1. The Bertz CT molecular complexity index is 868. The van der Waals surface area contributed by atoms with Crippen LogP contribution in [0, 0.1) is 13.8 Å². The Morgan fingerprint density at radius 2 is 1.81 bits per heavy atom. The fourth-order valence-electron chi connectivity index (χ4n) is 3.30. The number of carbonyl (C=O) groups is 3. The van der Waals surface area contributed by atoms with Gasteiger partial charge in [-0.25, -0.2) is 0 Å². The molecule has 1 aromatic heterocycles. The third-order valence-corrected chi connectivity index (χ3v) is 4.69. The Kier molecular flexibility index (Phi) is 5.30. The summed E-state index contributed by atoms with van der Waals surface area (Å²) in [7, 11) is 0. The number of fused-ring (bicyclic) bond motifs is 1. The Morgan fingerprint density at radius 1 is 1.15 bits per heavy atom. The number of ether oxygens (including phenoxy) is 1. The minimum Gasteiger partial charge on any atom is -0.454 e. The molecule has 1 atom stereocenters. The lowest BCUT2D eigenvalue weighted by Crippen LogP contribution is -2.41. The third kappa shape index (κ3) is 4.02. The molecule has 1 N–H and O–H groups in total. The van der Waals surface area contributed by atoms with E-state index in [-0.39, 0.29) is 37.4 Å². The Labute approximate surface area is 157 Å².